The van der Waals surface area contributed by atoms with E-state index in [1.807, 2.05) is 19.9 Å². The predicted molar refractivity (Wildman–Crippen MR) is 121 cm³/mol. The number of aromatic nitrogens is 2. The van der Waals surface area contributed by atoms with E-state index in [1.165, 1.54) is 16.3 Å². The van der Waals surface area contributed by atoms with Gasteiger partial charge in [-0.05, 0) is 50.1 Å². The van der Waals surface area contributed by atoms with Gasteiger partial charge >= 0.3 is 0 Å². The number of hydrazone groups is 1. The second-order valence-electron chi connectivity index (χ2n) is 7.26. The lowest BCUT2D eigenvalue weighted by Gasteiger charge is -2.13. The average Bonchev–Trinajstić information content (AvgIpc) is 2.73. The minimum absolute atomic E-state index is 0.208. The number of rotatable bonds is 4. The fourth-order valence-electron chi connectivity index (χ4n) is 3.71. The van der Waals surface area contributed by atoms with Crippen molar-refractivity contribution >= 4 is 22.7 Å². The summed E-state index contributed by atoms with van der Waals surface area (Å²) in [6.07, 6.45) is 3.12. The minimum Gasteiger partial charge on any atom is -0.494 e. The quantitative estimate of drug-likeness (QED) is 0.393. The fourth-order valence-corrected chi connectivity index (χ4v) is 3.71. The van der Waals surface area contributed by atoms with Gasteiger partial charge in [0.15, 0.2) is 0 Å². The molecule has 6 nitrogen and oxygen atoms in total. The smallest absolute Gasteiger partial charge is 0.267 e. The first kappa shape index (κ1) is 19.4. The molecular weight excluding hydrogens is 376 g/mol. The number of aromatic hydroxyl groups is 1. The van der Waals surface area contributed by atoms with E-state index in [2.05, 4.69) is 34.6 Å². The lowest BCUT2D eigenvalue weighted by molar-refractivity contribution is 0.435. The van der Waals surface area contributed by atoms with Crippen LogP contribution >= 0.6 is 0 Å². The maximum atomic E-state index is 13.0. The maximum absolute atomic E-state index is 13.0. The summed E-state index contributed by atoms with van der Waals surface area (Å²) < 4.78 is 1.20. The Hall–Kier alpha value is -3.93. The third-order valence-corrected chi connectivity index (χ3v) is 5.03. The number of aryl methyl sites for hydroxylation is 3. The first-order valence-corrected chi connectivity index (χ1v) is 9.62. The molecule has 2 aromatic carbocycles. The summed E-state index contributed by atoms with van der Waals surface area (Å²) in [5.41, 5.74) is 7.44. The standard InChI is InChI=1S/C24H22N4O2/c1-15-12-16(2)22(17(3)13-15)27-26-14-20-18-8-4-5-9-19(18)23(29)28(24(20)30)21-10-6-7-11-25-21/h4-14,27,30H,1-3H3/b26-14+. The van der Waals surface area contributed by atoms with Crippen molar-refractivity contribution in [1.82, 2.24) is 9.55 Å². The summed E-state index contributed by atoms with van der Waals surface area (Å²) in [7, 11) is 0. The number of hydrogen-bond acceptors (Lipinski definition) is 5. The molecule has 0 spiro atoms. The SMILES string of the molecule is Cc1cc(C)c(N/N=C/c2c(O)n(-c3ccccn3)c(=O)c3ccccc23)c(C)c1. The molecule has 0 saturated carbocycles. The number of nitrogens with one attached hydrogen (secondary N) is 1. The predicted octanol–water partition coefficient (Wildman–Crippen LogP) is 4.46. The lowest BCUT2D eigenvalue weighted by atomic mass is 10.1. The van der Waals surface area contributed by atoms with Gasteiger partial charge in [0.1, 0.15) is 5.82 Å². The first-order chi connectivity index (χ1) is 14.5. The van der Waals surface area contributed by atoms with E-state index in [0.717, 1.165) is 16.8 Å². The summed E-state index contributed by atoms with van der Waals surface area (Å²) >= 11 is 0. The topological polar surface area (TPSA) is 79.5 Å². The highest BCUT2D eigenvalue weighted by atomic mass is 16.3. The Labute approximate surface area is 174 Å². The van der Waals surface area contributed by atoms with Crippen molar-refractivity contribution in [2.45, 2.75) is 20.8 Å². The van der Waals surface area contributed by atoms with Crippen LogP contribution in [0.5, 0.6) is 5.88 Å². The molecule has 0 fully saturated rings. The van der Waals surface area contributed by atoms with E-state index in [9.17, 15) is 9.90 Å². The van der Waals surface area contributed by atoms with Crippen LogP contribution in [0.15, 0.2) is 70.7 Å². The summed E-state index contributed by atoms with van der Waals surface area (Å²) in [4.78, 5) is 17.2. The third-order valence-electron chi connectivity index (χ3n) is 5.03. The number of fused-ring (bicyclic) bond motifs is 1. The number of hydrogen-bond donors (Lipinski definition) is 2. The number of nitrogens with zero attached hydrogens (tertiary/aromatic N) is 3. The number of pyridine rings is 2. The van der Waals surface area contributed by atoms with Crippen LogP contribution < -0.4 is 11.0 Å². The Kier molecular flexibility index (Phi) is 5.06. The van der Waals surface area contributed by atoms with Gasteiger partial charge in [-0.15, -0.1) is 0 Å². The number of benzene rings is 2. The van der Waals surface area contributed by atoms with Gasteiger partial charge in [-0.1, -0.05) is 42.0 Å². The van der Waals surface area contributed by atoms with Crippen LogP contribution in [-0.4, -0.2) is 20.9 Å². The summed E-state index contributed by atoms with van der Waals surface area (Å²) in [6.45, 7) is 6.09. The van der Waals surface area contributed by atoms with Gasteiger partial charge in [0.2, 0.25) is 5.88 Å². The molecule has 0 aliphatic heterocycles. The highest BCUT2D eigenvalue weighted by Gasteiger charge is 2.16. The molecule has 4 aromatic rings. The molecule has 0 unspecified atom stereocenters. The van der Waals surface area contributed by atoms with Crippen LogP contribution in [0.3, 0.4) is 0 Å². The maximum Gasteiger partial charge on any atom is 0.267 e. The molecule has 0 bridgehead atoms. The fraction of sp³-hybridized carbons (Fsp3) is 0.125. The van der Waals surface area contributed by atoms with Gasteiger partial charge in [-0.25, -0.2) is 9.55 Å². The number of anilines is 1. The molecule has 30 heavy (non-hydrogen) atoms. The van der Waals surface area contributed by atoms with E-state index < -0.39 is 0 Å². The van der Waals surface area contributed by atoms with Gasteiger partial charge < -0.3 is 5.11 Å². The molecule has 0 amide bonds. The van der Waals surface area contributed by atoms with Crippen LogP contribution in [0.4, 0.5) is 5.69 Å². The molecule has 6 heteroatoms. The lowest BCUT2D eigenvalue weighted by Crippen LogP contribution is -2.21. The molecule has 2 aromatic heterocycles. The van der Waals surface area contributed by atoms with Crippen molar-refractivity contribution in [3.05, 3.63) is 93.4 Å². The molecule has 0 atom stereocenters. The Morgan fingerprint density at radius 3 is 2.33 bits per heavy atom. The van der Waals surface area contributed by atoms with Gasteiger partial charge in [-0.2, -0.15) is 5.10 Å². The van der Waals surface area contributed by atoms with Crippen molar-refractivity contribution in [3.63, 3.8) is 0 Å². The largest absolute Gasteiger partial charge is 0.494 e. The molecule has 0 radical (unpaired) electrons. The van der Waals surface area contributed by atoms with Crippen LogP contribution in [0.1, 0.15) is 22.3 Å². The molecule has 0 aliphatic rings. The molecule has 2 heterocycles. The summed E-state index contributed by atoms with van der Waals surface area (Å²) in [5, 5.41) is 16.4. The van der Waals surface area contributed by atoms with Crippen LogP contribution in [-0.2, 0) is 0 Å². The van der Waals surface area contributed by atoms with Crippen molar-refractivity contribution in [2.75, 3.05) is 5.43 Å². The minimum atomic E-state index is -0.336. The average molecular weight is 398 g/mol. The van der Waals surface area contributed by atoms with Crippen molar-refractivity contribution in [2.24, 2.45) is 5.10 Å². The van der Waals surface area contributed by atoms with Crippen LogP contribution in [0, 0.1) is 20.8 Å². The first-order valence-electron chi connectivity index (χ1n) is 9.62. The zero-order chi connectivity index (χ0) is 21.3. The Morgan fingerprint density at radius 2 is 1.67 bits per heavy atom. The Bertz CT molecular complexity index is 1300. The van der Waals surface area contributed by atoms with Gasteiger partial charge in [0.05, 0.1) is 17.5 Å². The van der Waals surface area contributed by atoms with Crippen LogP contribution in [0.25, 0.3) is 16.6 Å². The molecule has 150 valence electrons. The van der Waals surface area contributed by atoms with Gasteiger partial charge in [0.25, 0.3) is 5.56 Å². The molecular formula is C24H22N4O2. The molecule has 4 rings (SSSR count). The molecule has 2 N–H and O–H groups in total. The normalized spacial score (nSPS) is 11.3. The Morgan fingerprint density at radius 1 is 1.00 bits per heavy atom. The van der Waals surface area contributed by atoms with E-state index in [4.69, 9.17) is 0 Å². The second-order valence-corrected chi connectivity index (χ2v) is 7.26. The van der Waals surface area contributed by atoms with E-state index >= 15 is 0 Å². The van der Waals surface area contributed by atoms with Crippen molar-refractivity contribution in [3.8, 4) is 11.7 Å². The van der Waals surface area contributed by atoms with E-state index in [0.29, 0.717) is 22.2 Å². The summed E-state index contributed by atoms with van der Waals surface area (Å²) in [5.74, 6) is 0.138. The second kappa shape index (κ2) is 7.83. The highest BCUT2D eigenvalue weighted by Crippen LogP contribution is 2.26. The zero-order valence-corrected chi connectivity index (χ0v) is 17.0. The van der Waals surface area contributed by atoms with Crippen LogP contribution in [0.2, 0.25) is 0 Å². The van der Waals surface area contributed by atoms with Gasteiger partial charge in [0, 0.05) is 17.0 Å². The summed E-state index contributed by atoms with van der Waals surface area (Å²) in [6, 6.07) is 16.5. The Balaban J connectivity index is 1.85. The van der Waals surface area contributed by atoms with E-state index in [1.54, 1.807) is 42.6 Å². The zero-order valence-electron chi connectivity index (χ0n) is 17.0. The third kappa shape index (κ3) is 3.43. The van der Waals surface area contributed by atoms with Gasteiger partial charge in [-0.3, -0.25) is 10.2 Å². The monoisotopic (exact) mass is 398 g/mol. The highest BCUT2D eigenvalue weighted by molar-refractivity contribution is 6.01. The molecule has 0 aliphatic carbocycles. The van der Waals surface area contributed by atoms with Crippen molar-refractivity contribution < 1.29 is 5.11 Å². The molecule has 0 saturated heterocycles. The van der Waals surface area contributed by atoms with Crippen molar-refractivity contribution in [1.29, 1.82) is 0 Å². The van der Waals surface area contributed by atoms with E-state index in [-0.39, 0.29) is 11.4 Å².